The third-order valence-electron chi connectivity index (χ3n) is 5.20. The van der Waals surface area contributed by atoms with Crippen LogP contribution >= 0.6 is 0 Å². The summed E-state index contributed by atoms with van der Waals surface area (Å²) in [5, 5.41) is 3.07. The van der Waals surface area contributed by atoms with Crippen molar-refractivity contribution in [3.05, 3.63) is 64.7 Å². The van der Waals surface area contributed by atoms with Gasteiger partial charge < -0.3 is 10.2 Å². The second-order valence-electron chi connectivity index (χ2n) is 7.47. The standard InChI is InChI=1S/C23H28N2O2/c1-4-18-8-5-6-10-21(18)24-22(26)19-9-7-11-25(15-19)23(27)20-13-16(2)12-17(3)14-20/h5-6,8,10,12-14,19H,4,7,9,11,15H2,1-3H3,(H,24,26)/t19-/m1/s1. The van der Waals surface area contributed by atoms with Crippen molar-refractivity contribution >= 4 is 17.5 Å². The molecule has 2 aromatic carbocycles. The summed E-state index contributed by atoms with van der Waals surface area (Å²) in [5.41, 5.74) is 4.89. The van der Waals surface area contributed by atoms with E-state index in [1.165, 1.54) is 0 Å². The van der Waals surface area contributed by atoms with Crippen molar-refractivity contribution in [2.24, 2.45) is 5.92 Å². The van der Waals surface area contributed by atoms with Gasteiger partial charge in [0.15, 0.2) is 0 Å². The topological polar surface area (TPSA) is 49.4 Å². The summed E-state index contributed by atoms with van der Waals surface area (Å²) in [6.45, 7) is 7.27. The molecule has 1 aliphatic rings. The van der Waals surface area contributed by atoms with Crippen molar-refractivity contribution < 1.29 is 9.59 Å². The first-order valence-electron chi connectivity index (χ1n) is 9.74. The van der Waals surface area contributed by atoms with Gasteiger partial charge in [0.1, 0.15) is 0 Å². The molecule has 3 rings (SSSR count). The van der Waals surface area contributed by atoms with Gasteiger partial charge in [0.05, 0.1) is 5.92 Å². The van der Waals surface area contributed by atoms with Gasteiger partial charge in [-0.15, -0.1) is 0 Å². The van der Waals surface area contributed by atoms with E-state index in [4.69, 9.17) is 0 Å². The van der Waals surface area contributed by atoms with E-state index >= 15 is 0 Å². The van der Waals surface area contributed by atoms with Crippen LogP contribution in [0.2, 0.25) is 0 Å². The minimum Gasteiger partial charge on any atom is -0.338 e. The molecule has 0 saturated carbocycles. The Balaban J connectivity index is 1.70. The molecule has 0 aliphatic carbocycles. The Morgan fingerprint density at radius 1 is 1.11 bits per heavy atom. The summed E-state index contributed by atoms with van der Waals surface area (Å²) < 4.78 is 0. The maximum absolute atomic E-state index is 12.9. The molecular formula is C23H28N2O2. The lowest BCUT2D eigenvalue weighted by molar-refractivity contribution is -0.121. The van der Waals surface area contributed by atoms with E-state index in [1.807, 2.05) is 55.1 Å². The number of anilines is 1. The summed E-state index contributed by atoms with van der Waals surface area (Å²) in [5.74, 6) is -0.138. The quantitative estimate of drug-likeness (QED) is 0.876. The van der Waals surface area contributed by atoms with Crippen molar-refractivity contribution in [1.29, 1.82) is 0 Å². The number of hydrogen-bond acceptors (Lipinski definition) is 2. The van der Waals surface area contributed by atoms with Gasteiger partial charge in [-0.25, -0.2) is 0 Å². The summed E-state index contributed by atoms with van der Waals surface area (Å²) in [4.78, 5) is 27.6. The van der Waals surface area contributed by atoms with E-state index < -0.39 is 0 Å². The number of aryl methyl sites for hydroxylation is 3. The van der Waals surface area contributed by atoms with E-state index in [0.717, 1.165) is 41.6 Å². The Morgan fingerprint density at radius 2 is 1.81 bits per heavy atom. The van der Waals surface area contributed by atoms with Crippen LogP contribution in [-0.4, -0.2) is 29.8 Å². The molecule has 27 heavy (non-hydrogen) atoms. The van der Waals surface area contributed by atoms with Crippen molar-refractivity contribution in [3.63, 3.8) is 0 Å². The Morgan fingerprint density at radius 3 is 2.52 bits per heavy atom. The lowest BCUT2D eigenvalue weighted by atomic mass is 9.95. The van der Waals surface area contributed by atoms with Crippen LogP contribution in [0.25, 0.3) is 0 Å². The minimum absolute atomic E-state index is 0.00817. The van der Waals surface area contributed by atoms with Crippen molar-refractivity contribution in [2.75, 3.05) is 18.4 Å². The van der Waals surface area contributed by atoms with Crippen LogP contribution in [0, 0.1) is 19.8 Å². The first-order chi connectivity index (χ1) is 13.0. The van der Waals surface area contributed by atoms with E-state index in [1.54, 1.807) is 0 Å². The van der Waals surface area contributed by atoms with Gasteiger partial charge in [0.25, 0.3) is 5.91 Å². The van der Waals surface area contributed by atoms with Gasteiger partial charge >= 0.3 is 0 Å². The van der Waals surface area contributed by atoms with Crippen LogP contribution in [0.1, 0.15) is 46.8 Å². The minimum atomic E-state index is -0.168. The molecule has 1 fully saturated rings. The number of carbonyl (C=O) groups excluding carboxylic acids is 2. The second-order valence-corrected chi connectivity index (χ2v) is 7.47. The molecule has 2 amide bonds. The SMILES string of the molecule is CCc1ccccc1NC(=O)[C@@H]1CCCN(C(=O)c2cc(C)cc(C)c2)C1. The van der Waals surface area contributed by atoms with Gasteiger partial charge in [-0.2, -0.15) is 0 Å². The molecule has 1 heterocycles. The molecule has 1 aliphatic heterocycles. The molecule has 4 nitrogen and oxygen atoms in total. The number of nitrogens with zero attached hydrogens (tertiary/aromatic N) is 1. The number of nitrogens with one attached hydrogen (secondary N) is 1. The van der Waals surface area contributed by atoms with Crippen LogP contribution in [-0.2, 0) is 11.2 Å². The van der Waals surface area contributed by atoms with Crippen LogP contribution in [0.3, 0.4) is 0 Å². The fourth-order valence-corrected chi connectivity index (χ4v) is 3.84. The van der Waals surface area contributed by atoms with Crippen LogP contribution in [0.4, 0.5) is 5.69 Å². The van der Waals surface area contributed by atoms with Crippen molar-refractivity contribution in [2.45, 2.75) is 40.0 Å². The Bertz CT molecular complexity index is 824. The normalized spacial score (nSPS) is 16.9. The fourth-order valence-electron chi connectivity index (χ4n) is 3.84. The molecule has 0 aromatic heterocycles. The van der Waals surface area contributed by atoms with Gasteiger partial charge in [-0.3, -0.25) is 9.59 Å². The summed E-state index contributed by atoms with van der Waals surface area (Å²) in [6, 6.07) is 13.8. The average Bonchev–Trinajstić information content (AvgIpc) is 2.67. The maximum Gasteiger partial charge on any atom is 0.253 e. The molecule has 2 aromatic rings. The highest BCUT2D eigenvalue weighted by Crippen LogP contribution is 2.23. The number of carbonyl (C=O) groups is 2. The number of amides is 2. The first kappa shape index (κ1) is 19.2. The van der Waals surface area contributed by atoms with E-state index in [-0.39, 0.29) is 17.7 Å². The predicted octanol–water partition coefficient (Wildman–Crippen LogP) is 4.36. The highest BCUT2D eigenvalue weighted by molar-refractivity contribution is 5.96. The number of hydrogen-bond donors (Lipinski definition) is 1. The van der Waals surface area contributed by atoms with Crippen LogP contribution < -0.4 is 5.32 Å². The molecule has 0 spiro atoms. The second kappa shape index (κ2) is 8.38. The summed E-state index contributed by atoms with van der Waals surface area (Å²) in [7, 11) is 0. The number of benzene rings is 2. The smallest absolute Gasteiger partial charge is 0.253 e. The average molecular weight is 364 g/mol. The zero-order valence-electron chi connectivity index (χ0n) is 16.4. The first-order valence-corrected chi connectivity index (χ1v) is 9.74. The summed E-state index contributed by atoms with van der Waals surface area (Å²) >= 11 is 0. The van der Waals surface area contributed by atoms with E-state index in [2.05, 4.69) is 18.3 Å². The molecule has 142 valence electrons. The van der Waals surface area contributed by atoms with Gasteiger partial charge in [0.2, 0.25) is 5.91 Å². The van der Waals surface area contributed by atoms with E-state index in [0.29, 0.717) is 18.7 Å². The van der Waals surface area contributed by atoms with E-state index in [9.17, 15) is 9.59 Å². The highest BCUT2D eigenvalue weighted by atomic mass is 16.2. The number of rotatable bonds is 4. The molecule has 4 heteroatoms. The van der Waals surface area contributed by atoms with Crippen LogP contribution in [0.5, 0.6) is 0 Å². The molecule has 1 atom stereocenters. The molecule has 0 unspecified atom stereocenters. The monoisotopic (exact) mass is 364 g/mol. The Hall–Kier alpha value is -2.62. The fraction of sp³-hybridized carbons (Fsp3) is 0.391. The lowest BCUT2D eigenvalue weighted by Crippen LogP contribution is -2.43. The molecule has 1 saturated heterocycles. The summed E-state index contributed by atoms with van der Waals surface area (Å²) in [6.07, 6.45) is 2.54. The third-order valence-corrected chi connectivity index (χ3v) is 5.20. The third kappa shape index (κ3) is 4.57. The highest BCUT2D eigenvalue weighted by Gasteiger charge is 2.29. The van der Waals surface area contributed by atoms with Crippen LogP contribution in [0.15, 0.2) is 42.5 Å². The van der Waals surface area contributed by atoms with Gasteiger partial charge in [0, 0.05) is 24.3 Å². The molecule has 1 N–H and O–H groups in total. The van der Waals surface area contributed by atoms with Crippen molar-refractivity contribution in [3.8, 4) is 0 Å². The number of likely N-dealkylation sites (tertiary alicyclic amines) is 1. The van der Waals surface area contributed by atoms with Gasteiger partial charge in [-0.05, 0) is 56.9 Å². The lowest BCUT2D eigenvalue weighted by Gasteiger charge is -2.32. The predicted molar refractivity (Wildman–Crippen MR) is 109 cm³/mol. The number of para-hydroxylation sites is 1. The Labute approximate surface area is 161 Å². The van der Waals surface area contributed by atoms with Crippen molar-refractivity contribution in [1.82, 2.24) is 4.90 Å². The zero-order chi connectivity index (χ0) is 19.4. The molecule has 0 radical (unpaired) electrons. The molecule has 0 bridgehead atoms. The maximum atomic E-state index is 12.9. The number of piperidine rings is 1. The molecular weight excluding hydrogens is 336 g/mol. The zero-order valence-corrected chi connectivity index (χ0v) is 16.4. The largest absolute Gasteiger partial charge is 0.338 e. The van der Waals surface area contributed by atoms with Gasteiger partial charge in [-0.1, -0.05) is 42.3 Å². The Kier molecular flexibility index (Phi) is 5.94.